The summed E-state index contributed by atoms with van der Waals surface area (Å²) in [6.45, 7) is 5.10. The fourth-order valence-electron chi connectivity index (χ4n) is 3.48. The minimum absolute atomic E-state index is 0.129. The van der Waals surface area contributed by atoms with Crippen LogP contribution < -0.4 is 0 Å². The lowest BCUT2D eigenvalue weighted by Crippen LogP contribution is -2.54. The second kappa shape index (κ2) is 12.4. The predicted octanol–water partition coefficient (Wildman–Crippen LogP) is 0.581. The monoisotopic (exact) mass is 422 g/mol. The Morgan fingerprint density at radius 2 is 1.80 bits per heavy atom. The van der Waals surface area contributed by atoms with Crippen molar-refractivity contribution in [2.75, 3.05) is 27.2 Å². The topological polar surface area (TPSA) is 134 Å². The Hall–Kier alpha value is -3.21. The lowest BCUT2D eigenvalue weighted by Gasteiger charge is -2.41. The molecule has 0 radical (unpaired) electrons. The highest BCUT2D eigenvalue weighted by Gasteiger charge is 2.44. The molecule has 1 amide bonds. The molecule has 0 aliphatic carbocycles. The van der Waals surface area contributed by atoms with E-state index in [0.29, 0.717) is 0 Å². The molecule has 11 heteroatoms. The molecular formula is C19H30N6O5. The van der Waals surface area contributed by atoms with Gasteiger partial charge in [-0.15, -0.1) is 0 Å². The first kappa shape index (κ1) is 24.8. The van der Waals surface area contributed by atoms with E-state index in [1.807, 2.05) is 41.9 Å². The van der Waals surface area contributed by atoms with Crippen LogP contribution in [0.1, 0.15) is 25.3 Å². The molecule has 2 N–H and O–H groups in total. The summed E-state index contributed by atoms with van der Waals surface area (Å²) >= 11 is 0. The van der Waals surface area contributed by atoms with E-state index in [4.69, 9.17) is 19.8 Å². The van der Waals surface area contributed by atoms with Crippen LogP contribution >= 0.6 is 0 Å². The van der Waals surface area contributed by atoms with Gasteiger partial charge in [0.1, 0.15) is 5.54 Å². The van der Waals surface area contributed by atoms with Crippen LogP contribution in [0.25, 0.3) is 0 Å². The van der Waals surface area contributed by atoms with Crippen molar-refractivity contribution in [1.82, 2.24) is 29.4 Å². The molecule has 3 rings (SSSR count). The predicted molar refractivity (Wildman–Crippen MR) is 109 cm³/mol. The summed E-state index contributed by atoms with van der Waals surface area (Å²) in [7, 11) is 3.64. The molecular weight excluding hydrogens is 392 g/mol. The Morgan fingerprint density at radius 1 is 1.20 bits per heavy atom. The molecule has 1 saturated heterocycles. The number of carbonyl (C=O) groups excluding carboxylic acids is 1. The molecule has 2 aromatic heterocycles. The van der Waals surface area contributed by atoms with E-state index in [1.54, 1.807) is 11.1 Å². The van der Waals surface area contributed by atoms with Crippen molar-refractivity contribution in [3.05, 3.63) is 36.4 Å². The van der Waals surface area contributed by atoms with E-state index in [9.17, 15) is 4.79 Å². The SMILES string of the molecule is CCn1cc(CN2CCC(C(=O)N(C)C)(n3cccn3)CC2)cn1.O=CO.O=CO. The Morgan fingerprint density at radius 3 is 2.23 bits per heavy atom. The Labute approximate surface area is 175 Å². The molecule has 2 aromatic rings. The van der Waals surface area contributed by atoms with Crippen LogP contribution in [0, 0.1) is 0 Å². The summed E-state index contributed by atoms with van der Waals surface area (Å²) in [5.74, 6) is 0.129. The average molecular weight is 422 g/mol. The number of carboxylic acid groups (broad SMARTS) is 2. The van der Waals surface area contributed by atoms with E-state index >= 15 is 0 Å². The van der Waals surface area contributed by atoms with Gasteiger partial charge in [-0.25, -0.2) is 0 Å². The van der Waals surface area contributed by atoms with Crippen LogP contribution in [0.3, 0.4) is 0 Å². The zero-order chi connectivity index (χ0) is 22.6. The highest BCUT2D eigenvalue weighted by molar-refractivity contribution is 5.84. The molecule has 0 spiro atoms. The maximum Gasteiger partial charge on any atom is 0.290 e. The summed E-state index contributed by atoms with van der Waals surface area (Å²) in [5.41, 5.74) is 0.666. The van der Waals surface area contributed by atoms with Crippen molar-refractivity contribution in [2.45, 2.75) is 38.4 Å². The molecule has 1 aliphatic rings. The van der Waals surface area contributed by atoms with Gasteiger partial charge in [-0.05, 0) is 25.8 Å². The van der Waals surface area contributed by atoms with E-state index in [-0.39, 0.29) is 18.9 Å². The summed E-state index contributed by atoms with van der Waals surface area (Å²) < 4.78 is 3.80. The number of amides is 1. The van der Waals surface area contributed by atoms with Crippen LogP contribution in [-0.4, -0.2) is 85.6 Å². The third kappa shape index (κ3) is 6.41. The Bertz CT molecular complexity index is 760. The molecule has 0 bridgehead atoms. The maximum absolute atomic E-state index is 12.9. The number of likely N-dealkylation sites (N-methyl/N-ethyl adjacent to an activating group) is 1. The first-order chi connectivity index (χ1) is 14.4. The number of rotatable bonds is 5. The van der Waals surface area contributed by atoms with Gasteiger partial charge in [0.2, 0.25) is 5.91 Å². The highest BCUT2D eigenvalue weighted by atomic mass is 16.3. The van der Waals surface area contributed by atoms with Crippen LogP contribution in [0.5, 0.6) is 0 Å². The summed E-state index contributed by atoms with van der Waals surface area (Å²) in [4.78, 5) is 33.7. The maximum atomic E-state index is 12.9. The molecule has 1 aliphatic heterocycles. The zero-order valence-electron chi connectivity index (χ0n) is 17.6. The standard InChI is InChI=1S/C17H26N6O.2CH2O2/c1-4-22-14-15(12-19-22)13-21-10-6-17(7-11-21,16(24)20(2)3)23-9-5-8-18-23;2*2-1-3/h5,8-9,12,14H,4,6-7,10-11,13H2,1-3H3;2*1H,(H,2,3). The minimum Gasteiger partial charge on any atom is -0.483 e. The van der Waals surface area contributed by atoms with E-state index in [2.05, 4.69) is 28.2 Å². The first-order valence-electron chi connectivity index (χ1n) is 9.49. The van der Waals surface area contributed by atoms with Gasteiger partial charge in [-0.2, -0.15) is 10.2 Å². The number of hydrogen-bond donors (Lipinski definition) is 2. The molecule has 0 aromatic carbocycles. The Balaban J connectivity index is 0.000000672. The van der Waals surface area contributed by atoms with Crippen molar-refractivity contribution in [2.24, 2.45) is 0 Å². The summed E-state index contributed by atoms with van der Waals surface area (Å²) in [6.07, 6.45) is 9.23. The van der Waals surface area contributed by atoms with Crippen molar-refractivity contribution in [3.63, 3.8) is 0 Å². The number of aromatic nitrogens is 4. The molecule has 1 fully saturated rings. The fraction of sp³-hybridized carbons (Fsp3) is 0.526. The van der Waals surface area contributed by atoms with Crippen LogP contribution in [-0.2, 0) is 33.0 Å². The van der Waals surface area contributed by atoms with Gasteiger partial charge in [-0.1, -0.05) is 0 Å². The van der Waals surface area contributed by atoms with E-state index in [1.165, 1.54) is 5.56 Å². The van der Waals surface area contributed by atoms with Crippen LogP contribution in [0.15, 0.2) is 30.9 Å². The molecule has 11 nitrogen and oxygen atoms in total. The molecule has 0 unspecified atom stereocenters. The summed E-state index contributed by atoms with van der Waals surface area (Å²) in [5, 5.41) is 22.5. The summed E-state index contributed by atoms with van der Waals surface area (Å²) in [6, 6.07) is 1.89. The normalized spacial score (nSPS) is 15.0. The largest absolute Gasteiger partial charge is 0.483 e. The van der Waals surface area contributed by atoms with Crippen molar-refractivity contribution >= 4 is 18.9 Å². The molecule has 30 heavy (non-hydrogen) atoms. The third-order valence-electron chi connectivity index (χ3n) is 4.85. The number of nitrogens with zero attached hydrogens (tertiary/aromatic N) is 6. The zero-order valence-corrected chi connectivity index (χ0v) is 17.6. The number of likely N-dealkylation sites (tertiary alicyclic amines) is 1. The quantitative estimate of drug-likeness (QED) is 0.669. The molecule has 166 valence electrons. The first-order valence-corrected chi connectivity index (χ1v) is 9.49. The van der Waals surface area contributed by atoms with Gasteiger partial charge in [0.05, 0.1) is 6.20 Å². The van der Waals surface area contributed by atoms with Gasteiger partial charge >= 0.3 is 0 Å². The van der Waals surface area contributed by atoms with E-state index in [0.717, 1.165) is 39.0 Å². The average Bonchev–Trinajstić information content (AvgIpc) is 3.42. The lowest BCUT2D eigenvalue weighted by molar-refractivity contribution is -0.141. The van der Waals surface area contributed by atoms with Gasteiger partial charge < -0.3 is 15.1 Å². The van der Waals surface area contributed by atoms with Gasteiger partial charge in [0, 0.05) is 64.4 Å². The second-order valence-electron chi connectivity index (χ2n) is 6.87. The smallest absolute Gasteiger partial charge is 0.290 e. The van der Waals surface area contributed by atoms with Crippen LogP contribution in [0.2, 0.25) is 0 Å². The minimum atomic E-state index is -0.558. The Kier molecular flexibility index (Phi) is 10.2. The number of piperidine rings is 1. The lowest BCUT2D eigenvalue weighted by atomic mass is 9.86. The van der Waals surface area contributed by atoms with Gasteiger partial charge in [0.15, 0.2) is 0 Å². The molecule has 0 atom stereocenters. The molecule has 0 saturated carbocycles. The number of hydrogen-bond acceptors (Lipinski definition) is 6. The number of aryl methyl sites for hydroxylation is 1. The van der Waals surface area contributed by atoms with E-state index < -0.39 is 5.54 Å². The third-order valence-corrected chi connectivity index (χ3v) is 4.85. The second-order valence-corrected chi connectivity index (χ2v) is 6.87. The number of carbonyl (C=O) groups is 3. The van der Waals surface area contributed by atoms with Gasteiger partial charge in [0.25, 0.3) is 12.9 Å². The van der Waals surface area contributed by atoms with Crippen LogP contribution in [0.4, 0.5) is 0 Å². The van der Waals surface area contributed by atoms with Gasteiger partial charge in [-0.3, -0.25) is 28.6 Å². The highest BCUT2D eigenvalue weighted by Crippen LogP contribution is 2.32. The molecule has 3 heterocycles. The van der Waals surface area contributed by atoms with Crippen molar-refractivity contribution < 1.29 is 24.6 Å². The fourth-order valence-corrected chi connectivity index (χ4v) is 3.48. The van der Waals surface area contributed by atoms with Crippen molar-refractivity contribution in [1.29, 1.82) is 0 Å². The van der Waals surface area contributed by atoms with Crippen molar-refractivity contribution in [3.8, 4) is 0 Å².